The fourth-order valence-corrected chi connectivity index (χ4v) is 3.97. The summed E-state index contributed by atoms with van der Waals surface area (Å²) in [6.07, 6.45) is 5.90. The number of aromatic nitrogens is 3. The highest BCUT2D eigenvalue weighted by Crippen LogP contribution is 2.25. The molecule has 0 atom stereocenters. The fraction of sp³-hybridized carbons (Fsp3) is 0.400. The van der Waals surface area contributed by atoms with Crippen molar-refractivity contribution >= 4 is 23.6 Å². The summed E-state index contributed by atoms with van der Waals surface area (Å²) < 4.78 is 4.58. The lowest BCUT2D eigenvalue weighted by atomic mass is 10.1. The Hall–Kier alpha value is -2.18. The van der Waals surface area contributed by atoms with Crippen LogP contribution in [0.5, 0.6) is 0 Å². The molecular formula is C20H25N5S. The first-order valence-electron chi connectivity index (χ1n) is 9.28. The molecule has 3 heterocycles. The molecule has 0 radical (unpaired) electrons. The first-order chi connectivity index (χ1) is 12.7. The topological polar surface area (TPSA) is 28.7 Å². The van der Waals surface area contributed by atoms with Gasteiger partial charge in [0.15, 0.2) is 5.65 Å². The van der Waals surface area contributed by atoms with E-state index in [-0.39, 0.29) is 0 Å². The zero-order valence-corrected chi connectivity index (χ0v) is 16.0. The summed E-state index contributed by atoms with van der Waals surface area (Å²) in [6, 6.07) is 14.7. The van der Waals surface area contributed by atoms with E-state index in [1.54, 1.807) is 0 Å². The first-order valence-corrected chi connectivity index (χ1v) is 9.69. The molecule has 5 nitrogen and oxygen atoms in total. The second-order valence-electron chi connectivity index (χ2n) is 7.04. The third kappa shape index (κ3) is 3.52. The summed E-state index contributed by atoms with van der Waals surface area (Å²) in [5, 5.41) is 4.63. The molecular weight excluding hydrogens is 342 g/mol. The van der Waals surface area contributed by atoms with Crippen LogP contribution in [0.1, 0.15) is 24.8 Å². The zero-order valence-electron chi connectivity index (χ0n) is 15.2. The molecule has 0 saturated carbocycles. The van der Waals surface area contributed by atoms with Crippen LogP contribution < -0.4 is 4.90 Å². The number of nitrogens with zero attached hydrogens (tertiary/aromatic N) is 5. The van der Waals surface area contributed by atoms with E-state index in [1.807, 2.05) is 33.5 Å². The molecule has 26 heavy (non-hydrogen) atoms. The van der Waals surface area contributed by atoms with Crippen molar-refractivity contribution in [3.05, 3.63) is 59.0 Å². The molecule has 6 heteroatoms. The molecule has 136 valence electrons. The third-order valence-electron chi connectivity index (χ3n) is 4.99. The van der Waals surface area contributed by atoms with Gasteiger partial charge in [0.25, 0.3) is 0 Å². The van der Waals surface area contributed by atoms with Crippen molar-refractivity contribution < 1.29 is 0 Å². The molecule has 1 fully saturated rings. The number of hydrogen-bond donors (Lipinski definition) is 0. The lowest BCUT2D eigenvalue weighted by molar-refractivity contribution is 0.245. The number of para-hydroxylation sites is 1. The van der Waals surface area contributed by atoms with Gasteiger partial charge < -0.3 is 4.90 Å². The van der Waals surface area contributed by atoms with Gasteiger partial charge in [0, 0.05) is 31.5 Å². The highest BCUT2D eigenvalue weighted by molar-refractivity contribution is 7.71. The predicted molar refractivity (Wildman–Crippen MR) is 108 cm³/mol. The van der Waals surface area contributed by atoms with Gasteiger partial charge in [-0.2, -0.15) is 5.10 Å². The van der Waals surface area contributed by atoms with Gasteiger partial charge in [0.05, 0.1) is 6.67 Å². The number of anilines is 1. The second-order valence-corrected chi connectivity index (χ2v) is 7.41. The fourth-order valence-electron chi connectivity index (χ4n) is 3.72. The largest absolute Gasteiger partial charge is 0.371 e. The quantitative estimate of drug-likeness (QED) is 0.639. The average molecular weight is 368 g/mol. The molecule has 1 saturated heterocycles. The van der Waals surface area contributed by atoms with E-state index < -0.39 is 0 Å². The number of fused-ring (bicyclic) bond motifs is 1. The van der Waals surface area contributed by atoms with Crippen LogP contribution in [0.15, 0.2) is 48.7 Å². The Bertz CT molecular complexity index is 939. The van der Waals surface area contributed by atoms with E-state index in [0.29, 0.717) is 6.67 Å². The van der Waals surface area contributed by atoms with Gasteiger partial charge in [0.1, 0.15) is 0 Å². The van der Waals surface area contributed by atoms with Gasteiger partial charge in [-0.1, -0.05) is 24.3 Å². The van der Waals surface area contributed by atoms with Crippen LogP contribution in [-0.2, 0) is 13.2 Å². The van der Waals surface area contributed by atoms with Gasteiger partial charge in [0.2, 0.25) is 4.77 Å². The van der Waals surface area contributed by atoms with Crippen LogP contribution in [0, 0.1) is 4.77 Å². The molecule has 0 bridgehead atoms. The SMILES string of the molecule is CN(Cc1ccccc1N1CCCCC1)Cn1nc2ccccn2c1=S. The third-order valence-corrected chi connectivity index (χ3v) is 5.40. The number of pyridine rings is 1. The van der Waals surface area contributed by atoms with Gasteiger partial charge >= 0.3 is 0 Å². The summed E-state index contributed by atoms with van der Waals surface area (Å²) in [5.74, 6) is 0. The van der Waals surface area contributed by atoms with E-state index >= 15 is 0 Å². The van der Waals surface area contributed by atoms with Crippen molar-refractivity contribution in [3.63, 3.8) is 0 Å². The van der Waals surface area contributed by atoms with Gasteiger partial charge in [-0.15, -0.1) is 0 Å². The van der Waals surface area contributed by atoms with Crippen LogP contribution in [0.25, 0.3) is 5.65 Å². The maximum atomic E-state index is 5.57. The Kier molecular flexibility index (Phi) is 5.04. The molecule has 1 aromatic carbocycles. The number of benzene rings is 1. The van der Waals surface area contributed by atoms with E-state index in [0.717, 1.165) is 30.1 Å². The van der Waals surface area contributed by atoms with Crippen LogP contribution in [0.3, 0.4) is 0 Å². The molecule has 0 N–H and O–H groups in total. The number of piperidine rings is 1. The molecule has 0 aliphatic carbocycles. The second kappa shape index (κ2) is 7.60. The van der Waals surface area contributed by atoms with Gasteiger partial charge in [-0.25, -0.2) is 4.68 Å². The lowest BCUT2D eigenvalue weighted by Crippen LogP contribution is -2.31. The number of hydrogen-bond acceptors (Lipinski definition) is 4. The van der Waals surface area contributed by atoms with Crippen molar-refractivity contribution in [2.45, 2.75) is 32.5 Å². The maximum absolute atomic E-state index is 5.57. The maximum Gasteiger partial charge on any atom is 0.203 e. The summed E-state index contributed by atoms with van der Waals surface area (Å²) >= 11 is 5.57. The zero-order chi connectivity index (χ0) is 17.9. The van der Waals surface area contributed by atoms with E-state index in [9.17, 15) is 0 Å². The highest BCUT2D eigenvalue weighted by atomic mass is 32.1. The Morgan fingerprint density at radius 1 is 1.04 bits per heavy atom. The molecule has 4 rings (SSSR count). The standard InChI is InChI=1S/C20H25N5S/c1-22(16-25-20(26)24-14-8-5-11-19(24)21-25)15-17-9-3-4-10-18(17)23-12-6-2-7-13-23/h3-5,8-11,14H,2,6-7,12-13,15-16H2,1H3. The van der Waals surface area contributed by atoms with Gasteiger partial charge in [-0.05, 0) is 62.3 Å². The van der Waals surface area contributed by atoms with E-state index in [4.69, 9.17) is 12.2 Å². The molecule has 3 aromatic rings. The number of rotatable bonds is 5. The lowest BCUT2D eigenvalue weighted by Gasteiger charge is -2.31. The van der Waals surface area contributed by atoms with Crippen LogP contribution in [0.2, 0.25) is 0 Å². The van der Waals surface area contributed by atoms with Crippen LogP contribution in [-0.4, -0.2) is 39.2 Å². The molecule has 1 aliphatic heterocycles. The Balaban J connectivity index is 1.52. The Morgan fingerprint density at radius 3 is 2.62 bits per heavy atom. The van der Waals surface area contributed by atoms with Gasteiger partial charge in [-0.3, -0.25) is 9.30 Å². The first kappa shape index (κ1) is 17.2. The Morgan fingerprint density at radius 2 is 1.81 bits per heavy atom. The molecule has 0 amide bonds. The van der Waals surface area contributed by atoms with Crippen molar-refractivity contribution in [2.75, 3.05) is 25.0 Å². The Labute approximate surface area is 159 Å². The van der Waals surface area contributed by atoms with Crippen molar-refractivity contribution in [1.82, 2.24) is 19.1 Å². The van der Waals surface area contributed by atoms with E-state index in [2.05, 4.69) is 46.2 Å². The summed E-state index contributed by atoms with van der Waals surface area (Å²) in [6.45, 7) is 3.88. The summed E-state index contributed by atoms with van der Waals surface area (Å²) in [5.41, 5.74) is 3.63. The average Bonchev–Trinajstić information content (AvgIpc) is 2.99. The van der Waals surface area contributed by atoms with Crippen LogP contribution >= 0.6 is 12.2 Å². The highest BCUT2D eigenvalue weighted by Gasteiger charge is 2.15. The smallest absolute Gasteiger partial charge is 0.203 e. The minimum absolute atomic E-state index is 0.675. The summed E-state index contributed by atoms with van der Waals surface area (Å²) in [4.78, 5) is 4.80. The van der Waals surface area contributed by atoms with Crippen LogP contribution in [0.4, 0.5) is 5.69 Å². The molecule has 0 spiro atoms. The minimum Gasteiger partial charge on any atom is -0.371 e. The molecule has 2 aromatic heterocycles. The summed E-state index contributed by atoms with van der Waals surface area (Å²) in [7, 11) is 2.12. The molecule has 0 unspecified atom stereocenters. The van der Waals surface area contributed by atoms with Crippen molar-refractivity contribution in [3.8, 4) is 0 Å². The van der Waals surface area contributed by atoms with Crippen molar-refractivity contribution in [2.24, 2.45) is 0 Å². The molecule has 1 aliphatic rings. The minimum atomic E-state index is 0.675. The normalized spacial score (nSPS) is 15.1. The van der Waals surface area contributed by atoms with E-state index in [1.165, 1.54) is 30.5 Å². The van der Waals surface area contributed by atoms with Crippen molar-refractivity contribution in [1.29, 1.82) is 0 Å². The predicted octanol–water partition coefficient (Wildman–Crippen LogP) is 3.95. The monoisotopic (exact) mass is 367 g/mol.